The molecule has 10 unspecified atom stereocenters. The molecule has 0 spiro atoms. The average molecular weight is 675 g/mol. The Hall–Kier alpha value is -2.13. The Kier molecular flexibility index (Phi) is 12.1. The van der Waals surface area contributed by atoms with Gasteiger partial charge in [0.05, 0.1) is 23.7 Å². The van der Waals surface area contributed by atoms with Crippen LogP contribution in [0, 0.1) is 11.3 Å². The number of ether oxygens (including phenoxy) is 7. The molecule has 43 heavy (non-hydrogen) atoms. The zero-order chi connectivity index (χ0) is 32.1. The number of carbonyl (C=O) groups excluding carboxylic acids is 3. The molecule has 2 bridgehead atoms. The van der Waals surface area contributed by atoms with Crippen LogP contribution in [-0.2, 0) is 42.7 Å². The molecule has 12 nitrogen and oxygen atoms in total. The van der Waals surface area contributed by atoms with Crippen molar-refractivity contribution in [1.29, 1.82) is 0 Å². The van der Waals surface area contributed by atoms with E-state index in [0.717, 1.165) is 5.57 Å². The first-order valence-corrected chi connectivity index (χ1v) is 15.2. The Morgan fingerprint density at radius 3 is 2.42 bits per heavy atom. The van der Waals surface area contributed by atoms with Crippen molar-refractivity contribution in [3.05, 3.63) is 34.9 Å². The summed E-state index contributed by atoms with van der Waals surface area (Å²) >= 11 is 3.20. The maximum atomic E-state index is 13.6. The third-order valence-corrected chi connectivity index (χ3v) is 8.65. The van der Waals surface area contributed by atoms with Gasteiger partial charge in [-0.25, -0.2) is 4.79 Å². The summed E-state index contributed by atoms with van der Waals surface area (Å²) in [5.41, 5.74) is 4.94. The van der Waals surface area contributed by atoms with Crippen LogP contribution in [0.3, 0.4) is 0 Å². The molecule has 3 N–H and O–H groups in total. The summed E-state index contributed by atoms with van der Waals surface area (Å²) in [6.45, 7) is 8.50. The fourth-order valence-corrected chi connectivity index (χ4v) is 5.86. The predicted molar refractivity (Wildman–Crippen MR) is 158 cm³/mol. The lowest BCUT2D eigenvalue weighted by Gasteiger charge is -2.49. The number of carbonyl (C=O) groups is 3. The summed E-state index contributed by atoms with van der Waals surface area (Å²) in [5.74, 6) is -4.08. The van der Waals surface area contributed by atoms with Gasteiger partial charge in [0.1, 0.15) is 24.2 Å². The highest BCUT2D eigenvalue weighted by Gasteiger charge is 2.55. The van der Waals surface area contributed by atoms with E-state index in [4.69, 9.17) is 38.9 Å². The lowest BCUT2D eigenvalue weighted by Crippen LogP contribution is -2.62. The van der Waals surface area contributed by atoms with Gasteiger partial charge in [-0.15, -0.1) is 0 Å². The summed E-state index contributed by atoms with van der Waals surface area (Å²) in [4.78, 5) is 40.3. The van der Waals surface area contributed by atoms with Gasteiger partial charge in [0.15, 0.2) is 24.0 Å². The van der Waals surface area contributed by atoms with E-state index in [-0.39, 0.29) is 18.6 Å². The van der Waals surface area contributed by atoms with Crippen LogP contribution in [0.5, 0.6) is 0 Å². The molecular weight excluding hydrogens is 630 g/mol. The minimum absolute atomic E-state index is 0.147. The Morgan fingerprint density at radius 2 is 1.81 bits per heavy atom. The highest BCUT2D eigenvalue weighted by molar-refractivity contribution is 9.11. The van der Waals surface area contributed by atoms with E-state index in [0.29, 0.717) is 6.42 Å². The van der Waals surface area contributed by atoms with Gasteiger partial charge in [-0.05, 0) is 37.9 Å². The van der Waals surface area contributed by atoms with Gasteiger partial charge in [0, 0.05) is 33.5 Å². The summed E-state index contributed by atoms with van der Waals surface area (Å²) in [6.07, 6.45) is -0.614. The molecule has 3 rings (SSSR count). The number of amides is 1. The first kappa shape index (κ1) is 35.4. The van der Waals surface area contributed by atoms with E-state index in [9.17, 15) is 19.5 Å². The first-order valence-electron chi connectivity index (χ1n) is 14.2. The SMILES string of the molecule is COC1C(C)OC(OC2CC3OC(O)(C2)C(C)C(=O)OC(C=CC=CBr)CC(C)=CC(=O)C3(C)C)C(OC)C1OC(N)=O. The number of hydrogen-bond donors (Lipinski definition) is 2. The lowest BCUT2D eigenvalue weighted by atomic mass is 9.75. The van der Waals surface area contributed by atoms with E-state index in [2.05, 4.69) is 15.9 Å². The van der Waals surface area contributed by atoms with Gasteiger partial charge in [-0.3, -0.25) is 9.59 Å². The molecule has 0 aromatic heterocycles. The van der Waals surface area contributed by atoms with Crippen LogP contribution in [0.4, 0.5) is 4.79 Å². The van der Waals surface area contributed by atoms with Crippen molar-refractivity contribution in [1.82, 2.24) is 0 Å². The maximum absolute atomic E-state index is 13.6. The number of esters is 1. The van der Waals surface area contributed by atoms with Gasteiger partial charge in [0.25, 0.3) is 0 Å². The Bertz CT molecular complexity index is 1110. The normalized spacial score (nSPS) is 39.1. The molecule has 1 amide bonds. The number of hydrogen-bond acceptors (Lipinski definition) is 11. The molecule has 0 aromatic rings. The molecule has 3 aliphatic heterocycles. The quantitative estimate of drug-likeness (QED) is 0.301. The molecule has 0 aliphatic carbocycles. The van der Waals surface area contributed by atoms with Crippen LogP contribution >= 0.6 is 15.9 Å². The van der Waals surface area contributed by atoms with E-state index in [1.165, 1.54) is 27.2 Å². The topological polar surface area (TPSA) is 162 Å². The average Bonchev–Trinajstić information content (AvgIpc) is 2.91. The summed E-state index contributed by atoms with van der Waals surface area (Å²) < 4.78 is 40.9. The number of aliphatic hydroxyl groups is 1. The van der Waals surface area contributed by atoms with Crippen LogP contribution in [0.15, 0.2) is 34.9 Å². The third kappa shape index (κ3) is 8.33. The summed E-state index contributed by atoms with van der Waals surface area (Å²) in [5, 5.41) is 11.9. The van der Waals surface area contributed by atoms with Gasteiger partial charge in [0.2, 0.25) is 0 Å². The Morgan fingerprint density at radius 1 is 1.14 bits per heavy atom. The van der Waals surface area contributed by atoms with Crippen molar-refractivity contribution in [2.24, 2.45) is 17.1 Å². The zero-order valence-corrected chi connectivity index (χ0v) is 27.3. The van der Waals surface area contributed by atoms with Crippen LogP contribution in [0.2, 0.25) is 0 Å². The van der Waals surface area contributed by atoms with Gasteiger partial charge < -0.3 is 44.0 Å². The largest absolute Gasteiger partial charge is 0.457 e. The number of primary amides is 1. The fourth-order valence-electron chi connectivity index (χ4n) is 5.69. The smallest absolute Gasteiger partial charge is 0.404 e. The molecule has 10 atom stereocenters. The van der Waals surface area contributed by atoms with E-state index in [1.54, 1.807) is 50.9 Å². The number of methoxy groups -OCH3 is 2. The molecule has 242 valence electrons. The number of fused-ring (bicyclic) bond motifs is 2. The van der Waals surface area contributed by atoms with Crippen LogP contribution in [0.1, 0.15) is 53.9 Å². The van der Waals surface area contributed by atoms with Crippen molar-refractivity contribution in [2.75, 3.05) is 14.2 Å². The van der Waals surface area contributed by atoms with Crippen molar-refractivity contribution in [3.63, 3.8) is 0 Å². The number of cyclic esters (lactones) is 1. The standard InChI is InChI=1S/C30H44BrNO11/c1-16-12-19(10-8-9-11-31)40-26(34)17(2)30(36)15-20(14-22(43-30)29(4,5)21(33)13-16)41-27-25(38-7)24(42-28(32)35)23(37-6)18(3)39-27/h8-11,13,17-20,22-25,27,36H,12,14-15H2,1-7H3,(H2,32,35). The second-order valence-electron chi connectivity index (χ2n) is 11.8. The number of nitrogens with two attached hydrogens (primary N) is 1. The molecular formula is C30H44BrNO11. The van der Waals surface area contributed by atoms with Crippen molar-refractivity contribution in [2.45, 2.75) is 109 Å². The molecule has 0 aromatic carbocycles. The number of rotatable bonds is 7. The molecule has 13 heteroatoms. The van der Waals surface area contributed by atoms with Gasteiger partial charge in [-0.2, -0.15) is 0 Å². The van der Waals surface area contributed by atoms with Crippen molar-refractivity contribution in [3.8, 4) is 0 Å². The first-order chi connectivity index (χ1) is 20.2. The summed E-state index contributed by atoms with van der Waals surface area (Å²) in [7, 11) is 2.85. The molecule has 3 heterocycles. The van der Waals surface area contributed by atoms with Crippen molar-refractivity contribution < 1.29 is 52.6 Å². The van der Waals surface area contributed by atoms with E-state index < -0.39 is 78.2 Å². The molecule has 0 radical (unpaired) electrons. The minimum atomic E-state index is -2.05. The maximum Gasteiger partial charge on any atom is 0.404 e. The highest BCUT2D eigenvalue weighted by atomic mass is 79.9. The minimum Gasteiger partial charge on any atom is -0.457 e. The molecule has 0 saturated carbocycles. The monoisotopic (exact) mass is 673 g/mol. The molecule has 2 saturated heterocycles. The number of ketones is 1. The number of allylic oxidation sites excluding steroid dienone is 3. The van der Waals surface area contributed by atoms with Crippen LogP contribution < -0.4 is 5.73 Å². The number of halogens is 1. The Labute approximate surface area is 261 Å². The highest BCUT2D eigenvalue weighted by Crippen LogP contribution is 2.43. The van der Waals surface area contributed by atoms with E-state index >= 15 is 0 Å². The Balaban J connectivity index is 1.98. The predicted octanol–water partition coefficient (Wildman–Crippen LogP) is 3.44. The summed E-state index contributed by atoms with van der Waals surface area (Å²) in [6, 6.07) is 0. The van der Waals surface area contributed by atoms with Gasteiger partial charge in [-0.1, -0.05) is 47.5 Å². The molecule has 2 fully saturated rings. The van der Waals surface area contributed by atoms with Crippen molar-refractivity contribution >= 4 is 33.8 Å². The zero-order valence-electron chi connectivity index (χ0n) is 25.7. The van der Waals surface area contributed by atoms with Crippen LogP contribution in [-0.4, -0.2) is 92.0 Å². The second kappa shape index (κ2) is 14.8. The molecule has 3 aliphatic rings. The fraction of sp³-hybridized carbons (Fsp3) is 0.700. The van der Waals surface area contributed by atoms with Gasteiger partial charge >= 0.3 is 12.1 Å². The third-order valence-electron chi connectivity index (χ3n) is 8.34. The van der Waals surface area contributed by atoms with E-state index in [1.807, 2.05) is 0 Å². The van der Waals surface area contributed by atoms with Crippen LogP contribution in [0.25, 0.3) is 0 Å². The second-order valence-corrected chi connectivity index (χ2v) is 12.4. The lowest BCUT2D eigenvalue weighted by molar-refractivity contribution is -0.347.